The molecule has 1 unspecified atom stereocenters. The first-order valence-corrected chi connectivity index (χ1v) is 9.88. The topological polar surface area (TPSA) is 34.9 Å². The highest BCUT2D eigenvalue weighted by atomic mass is 32.1. The van der Waals surface area contributed by atoms with Crippen LogP contribution in [0.25, 0.3) is 21.6 Å². The zero-order valence-electron chi connectivity index (χ0n) is 14.9. The Morgan fingerprint density at radius 2 is 2.04 bits per heavy atom. The largest absolute Gasteiger partial charge is 0.312 e. The van der Waals surface area contributed by atoms with E-state index in [9.17, 15) is 4.79 Å². The average Bonchev–Trinajstić information content (AvgIpc) is 3.12. The van der Waals surface area contributed by atoms with E-state index in [-0.39, 0.29) is 5.56 Å². The number of aryl methyl sites for hydroxylation is 1. The fourth-order valence-corrected chi connectivity index (χ4v) is 5.85. The number of hydrogen-bond acceptors (Lipinski definition) is 3. The molecule has 2 aromatic heterocycles. The van der Waals surface area contributed by atoms with Gasteiger partial charge in [0.2, 0.25) is 0 Å². The van der Waals surface area contributed by atoms with Gasteiger partial charge in [-0.2, -0.15) is 4.98 Å². The van der Waals surface area contributed by atoms with Crippen LogP contribution < -0.4 is 5.56 Å². The van der Waals surface area contributed by atoms with E-state index < -0.39 is 0 Å². The van der Waals surface area contributed by atoms with Gasteiger partial charge < -0.3 is 4.57 Å². The SMILES string of the molecule is CC(C)(C)C1CCc2c(sc3c2c(=O)nc2n3Cc3ccccc3-2)C1. The van der Waals surface area contributed by atoms with Gasteiger partial charge in [-0.3, -0.25) is 4.79 Å². The summed E-state index contributed by atoms with van der Waals surface area (Å²) in [6.45, 7) is 7.83. The number of benzene rings is 1. The van der Waals surface area contributed by atoms with Gasteiger partial charge in [-0.1, -0.05) is 45.0 Å². The van der Waals surface area contributed by atoms with Crippen LogP contribution in [-0.4, -0.2) is 9.55 Å². The molecule has 128 valence electrons. The van der Waals surface area contributed by atoms with Crippen molar-refractivity contribution >= 4 is 21.6 Å². The van der Waals surface area contributed by atoms with Crippen molar-refractivity contribution in [1.29, 1.82) is 0 Å². The Hall–Kier alpha value is -1.94. The lowest BCUT2D eigenvalue weighted by atomic mass is 9.72. The van der Waals surface area contributed by atoms with E-state index in [1.807, 2.05) is 17.4 Å². The van der Waals surface area contributed by atoms with E-state index in [0.717, 1.165) is 41.0 Å². The fraction of sp³-hybridized carbons (Fsp3) is 0.429. The Morgan fingerprint density at radius 3 is 2.84 bits per heavy atom. The van der Waals surface area contributed by atoms with Gasteiger partial charge in [0.05, 0.1) is 11.9 Å². The summed E-state index contributed by atoms with van der Waals surface area (Å²) in [7, 11) is 0. The maximum absolute atomic E-state index is 12.8. The summed E-state index contributed by atoms with van der Waals surface area (Å²) in [6, 6.07) is 8.31. The maximum Gasteiger partial charge on any atom is 0.282 e. The second-order valence-corrected chi connectivity index (χ2v) is 9.56. The molecular weight excluding hydrogens is 328 g/mol. The summed E-state index contributed by atoms with van der Waals surface area (Å²) in [5, 5.41) is 0.893. The van der Waals surface area contributed by atoms with Gasteiger partial charge in [0.1, 0.15) is 10.7 Å². The normalized spacial score (nSPS) is 18.9. The molecule has 4 heteroatoms. The van der Waals surface area contributed by atoms with Crippen LogP contribution in [-0.2, 0) is 19.4 Å². The first-order chi connectivity index (χ1) is 11.9. The van der Waals surface area contributed by atoms with E-state index in [1.165, 1.54) is 22.4 Å². The summed E-state index contributed by atoms with van der Waals surface area (Å²) < 4.78 is 2.26. The van der Waals surface area contributed by atoms with Crippen LogP contribution in [0, 0.1) is 11.3 Å². The molecule has 0 spiro atoms. The van der Waals surface area contributed by atoms with Gasteiger partial charge in [0.15, 0.2) is 0 Å². The Labute approximate surface area is 151 Å². The highest BCUT2D eigenvalue weighted by molar-refractivity contribution is 7.18. The van der Waals surface area contributed by atoms with Gasteiger partial charge in [-0.25, -0.2) is 0 Å². The van der Waals surface area contributed by atoms with Crippen LogP contribution in [0.3, 0.4) is 0 Å². The Balaban J connectivity index is 1.72. The minimum absolute atomic E-state index is 0.0374. The molecule has 0 fully saturated rings. The summed E-state index contributed by atoms with van der Waals surface area (Å²) in [5.41, 5.74) is 3.94. The highest BCUT2D eigenvalue weighted by Gasteiger charge is 2.33. The first kappa shape index (κ1) is 15.3. The second kappa shape index (κ2) is 5.04. The molecule has 3 heterocycles. The lowest BCUT2D eigenvalue weighted by molar-refractivity contribution is 0.218. The molecule has 1 aliphatic carbocycles. The first-order valence-electron chi connectivity index (χ1n) is 9.07. The summed E-state index contributed by atoms with van der Waals surface area (Å²) in [4.78, 5) is 19.9. The molecular formula is C21H22N2OS. The van der Waals surface area contributed by atoms with Gasteiger partial charge in [0.25, 0.3) is 5.56 Å². The van der Waals surface area contributed by atoms with Gasteiger partial charge in [0, 0.05) is 10.4 Å². The molecule has 25 heavy (non-hydrogen) atoms. The van der Waals surface area contributed by atoms with E-state index in [4.69, 9.17) is 0 Å². The highest BCUT2D eigenvalue weighted by Crippen LogP contribution is 2.44. The van der Waals surface area contributed by atoms with Crippen LogP contribution in [0.1, 0.15) is 43.2 Å². The predicted molar refractivity (Wildman–Crippen MR) is 103 cm³/mol. The van der Waals surface area contributed by atoms with Crippen molar-refractivity contribution in [2.75, 3.05) is 0 Å². The van der Waals surface area contributed by atoms with E-state index in [0.29, 0.717) is 11.3 Å². The number of fused-ring (bicyclic) bond motifs is 7. The molecule has 3 nitrogen and oxygen atoms in total. The number of nitrogens with zero attached hydrogens (tertiary/aromatic N) is 2. The molecule has 1 aromatic carbocycles. The van der Waals surface area contributed by atoms with Crippen molar-refractivity contribution in [3.8, 4) is 11.4 Å². The third-order valence-electron chi connectivity index (χ3n) is 5.98. The van der Waals surface area contributed by atoms with Crippen LogP contribution in [0.2, 0.25) is 0 Å². The quantitative estimate of drug-likeness (QED) is 0.463. The summed E-state index contributed by atoms with van der Waals surface area (Å²) in [5.74, 6) is 1.53. The summed E-state index contributed by atoms with van der Waals surface area (Å²) >= 11 is 1.83. The van der Waals surface area contributed by atoms with Crippen molar-refractivity contribution in [3.05, 3.63) is 50.6 Å². The van der Waals surface area contributed by atoms with Gasteiger partial charge in [-0.05, 0) is 41.7 Å². The number of hydrogen-bond donors (Lipinski definition) is 0. The zero-order chi connectivity index (χ0) is 17.3. The van der Waals surface area contributed by atoms with Crippen molar-refractivity contribution in [1.82, 2.24) is 9.55 Å². The van der Waals surface area contributed by atoms with Crippen molar-refractivity contribution < 1.29 is 0 Å². The fourth-order valence-electron chi connectivity index (χ4n) is 4.43. The molecule has 0 bridgehead atoms. The van der Waals surface area contributed by atoms with Crippen LogP contribution >= 0.6 is 11.3 Å². The molecule has 0 radical (unpaired) electrons. The maximum atomic E-state index is 12.8. The van der Waals surface area contributed by atoms with Crippen molar-refractivity contribution in [3.63, 3.8) is 0 Å². The predicted octanol–water partition coefficient (Wildman–Crippen LogP) is 4.64. The monoisotopic (exact) mass is 350 g/mol. The molecule has 3 aromatic rings. The summed E-state index contributed by atoms with van der Waals surface area (Å²) in [6.07, 6.45) is 3.28. The third-order valence-corrected chi connectivity index (χ3v) is 7.26. The van der Waals surface area contributed by atoms with E-state index in [1.54, 1.807) is 0 Å². The minimum atomic E-state index is -0.0374. The zero-order valence-corrected chi connectivity index (χ0v) is 15.7. The lowest BCUT2D eigenvalue weighted by Gasteiger charge is -2.33. The molecule has 1 aliphatic heterocycles. The molecule has 2 aliphatic rings. The average molecular weight is 350 g/mol. The lowest BCUT2D eigenvalue weighted by Crippen LogP contribution is -2.26. The Bertz CT molecular complexity index is 1070. The molecule has 0 saturated heterocycles. The van der Waals surface area contributed by atoms with Crippen LogP contribution in [0.5, 0.6) is 0 Å². The number of aromatic nitrogens is 2. The van der Waals surface area contributed by atoms with Gasteiger partial charge in [-0.15, -0.1) is 11.3 Å². The number of rotatable bonds is 0. The molecule has 0 N–H and O–H groups in total. The molecule has 1 atom stereocenters. The van der Waals surface area contributed by atoms with Crippen molar-refractivity contribution in [2.24, 2.45) is 11.3 Å². The third kappa shape index (κ3) is 2.16. The standard InChI is InChI=1S/C21H22N2OS/c1-21(2,3)13-8-9-15-16(10-13)25-20-17(15)19(24)22-18-14-7-5-4-6-12(14)11-23(18)20/h4-7,13H,8-11H2,1-3H3. The smallest absolute Gasteiger partial charge is 0.282 e. The van der Waals surface area contributed by atoms with Crippen molar-refractivity contribution in [2.45, 2.75) is 46.6 Å². The minimum Gasteiger partial charge on any atom is -0.312 e. The molecule has 0 saturated carbocycles. The second-order valence-electron chi connectivity index (χ2n) is 8.47. The number of thiophene rings is 1. The van der Waals surface area contributed by atoms with Crippen LogP contribution in [0.15, 0.2) is 29.1 Å². The van der Waals surface area contributed by atoms with E-state index >= 15 is 0 Å². The Morgan fingerprint density at radius 1 is 1.24 bits per heavy atom. The van der Waals surface area contributed by atoms with Crippen LogP contribution in [0.4, 0.5) is 0 Å². The Kier molecular flexibility index (Phi) is 3.09. The molecule has 5 rings (SSSR count). The van der Waals surface area contributed by atoms with E-state index in [2.05, 4.69) is 48.5 Å². The molecule has 0 amide bonds. The van der Waals surface area contributed by atoms with Gasteiger partial charge >= 0.3 is 0 Å².